The van der Waals surface area contributed by atoms with Crippen LogP contribution in [0.3, 0.4) is 0 Å². The molecule has 5 rings (SSSR count). The van der Waals surface area contributed by atoms with Gasteiger partial charge in [-0.25, -0.2) is 18.1 Å². The van der Waals surface area contributed by atoms with Crippen LogP contribution in [-0.4, -0.2) is 63.0 Å². The summed E-state index contributed by atoms with van der Waals surface area (Å²) >= 11 is 0. The first-order valence-corrected chi connectivity index (χ1v) is 13.6. The van der Waals surface area contributed by atoms with Crippen LogP contribution in [0.5, 0.6) is 0 Å². The Morgan fingerprint density at radius 1 is 1.03 bits per heavy atom. The number of hydrogen-bond donors (Lipinski definition) is 4. The highest BCUT2D eigenvalue weighted by Gasteiger charge is 2.35. The molecule has 9 nitrogen and oxygen atoms in total. The van der Waals surface area contributed by atoms with Gasteiger partial charge in [-0.3, -0.25) is 4.79 Å². The van der Waals surface area contributed by atoms with E-state index in [0.717, 1.165) is 31.7 Å². The number of carbonyl (C=O) groups is 1. The largest absolute Gasteiger partial charge is 0.380 e. The molecule has 1 atom stereocenters. The smallest absolute Gasteiger partial charge is 0.242 e. The van der Waals surface area contributed by atoms with Gasteiger partial charge in [0.25, 0.3) is 0 Å². The molecule has 4 N–H and O–H groups in total. The van der Waals surface area contributed by atoms with Gasteiger partial charge in [0.05, 0.1) is 11.7 Å². The van der Waals surface area contributed by atoms with Crippen molar-refractivity contribution < 1.29 is 13.2 Å². The van der Waals surface area contributed by atoms with Crippen LogP contribution in [0.2, 0.25) is 0 Å². The van der Waals surface area contributed by atoms with Crippen molar-refractivity contribution in [3.8, 4) is 0 Å². The third-order valence-corrected chi connectivity index (χ3v) is 8.50. The molecular formula is C24H32N6O3S. The van der Waals surface area contributed by atoms with E-state index in [0.29, 0.717) is 43.7 Å². The van der Waals surface area contributed by atoms with Crippen LogP contribution >= 0.6 is 0 Å². The number of nitrogens with one attached hydrogen (secondary N) is 4. The molecule has 1 aromatic carbocycles. The average molecular weight is 485 g/mol. The monoisotopic (exact) mass is 484 g/mol. The lowest BCUT2D eigenvalue weighted by Crippen LogP contribution is -2.51. The molecule has 2 aliphatic heterocycles. The molecule has 2 fully saturated rings. The SMILES string of the molecule is O=C(C1CCC(NS(=O)(=O)c2cnc3c(c2)NCCN3)CC1)N1CCNC[C@@H]1c1ccccc1. The first kappa shape index (κ1) is 23.1. The molecule has 1 amide bonds. The van der Waals surface area contributed by atoms with Crippen molar-refractivity contribution in [1.82, 2.24) is 19.9 Å². The molecule has 1 saturated heterocycles. The molecule has 182 valence electrons. The number of rotatable bonds is 5. The minimum absolute atomic E-state index is 0.0401. The van der Waals surface area contributed by atoms with Crippen molar-refractivity contribution in [3.05, 3.63) is 48.2 Å². The molecule has 0 radical (unpaired) electrons. The number of carbonyl (C=O) groups excluding carboxylic acids is 1. The lowest BCUT2D eigenvalue weighted by molar-refractivity contribution is -0.140. The second-order valence-corrected chi connectivity index (χ2v) is 11.0. The summed E-state index contributed by atoms with van der Waals surface area (Å²) in [5.41, 5.74) is 1.85. The Kier molecular flexibility index (Phi) is 6.71. The topological polar surface area (TPSA) is 115 Å². The molecule has 1 saturated carbocycles. The third kappa shape index (κ3) is 4.89. The Bertz CT molecular complexity index is 1120. The van der Waals surface area contributed by atoms with Gasteiger partial charge in [-0.2, -0.15) is 0 Å². The number of pyridine rings is 1. The van der Waals surface area contributed by atoms with Gasteiger partial charge in [-0.1, -0.05) is 30.3 Å². The summed E-state index contributed by atoms with van der Waals surface area (Å²) in [5, 5.41) is 9.73. The van der Waals surface area contributed by atoms with Crippen molar-refractivity contribution in [3.63, 3.8) is 0 Å². The highest BCUT2D eigenvalue weighted by atomic mass is 32.2. The average Bonchev–Trinajstić information content (AvgIpc) is 2.89. The quantitative estimate of drug-likeness (QED) is 0.513. The van der Waals surface area contributed by atoms with Crippen LogP contribution < -0.4 is 20.7 Å². The van der Waals surface area contributed by atoms with Gasteiger partial charge >= 0.3 is 0 Å². The molecule has 0 bridgehead atoms. The Hall–Kier alpha value is -2.69. The number of sulfonamides is 1. The van der Waals surface area contributed by atoms with Crippen LogP contribution in [0.25, 0.3) is 0 Å². The van der Waals surface area contributed by atoms with Gasteiger partial charge in [0.1, 0.15) is 10.7 Å². The molecule has 34 heavy (non-hydrogen) atoms. The summed E-state index contributed by atoms with van der Waals surface area (Å²) in [6.07, 6.45) is 4.06. The van der Waals surface area contributed by atoms with Crippen molar-refractivity contribution in [2.24, 2.45) is 5.92 Å². The number of hydrogen-bond acceptors (Lipinski definition) is 7. The van der Waals surface area contributed by atoms with E-state index in [9.17, 15) is 13.2 Å². The maximum absolute atomic E-state index is 13.4. The molecule has 1 aliphatic carbocycles. The molecule has 2 aromatic rings. The summed E-state index contributed by atoms with van der Waals surface area (Å²) in [6.45, 7) is 3.72. The van der Waals surface area contributed by atoms with Gasteiger partial charge in [0, 0.05) is 50.9 Å². The van der Waals surface area contributed by atoms with Gasteiger partial charge in [0.15, 0.2) is 0 Å². The molecule has 0 unspecified atom stereocenters. The van der Waals surface area contributed by atoms with E-state index in [2.05, 4.69) is 37.8 Å². The second-order valence-electron chi connectivity index (χ2n) is 9.25. The zero-order valence-electron chi connectivity index (χ0n) is 19.2. The lowest BCUT2D eigenvalue weighted by atomic mass is 9.85. The number of piperazine rings is 1. The summed E-state index contributed by atoms with van der Waals surface area (Å²) in [5.74, 6) is 0.797. The van der Waals surface area contributed by atoms with E-state index in [4.69, 9.17) is 0 Å². The highest BCUT2D eigenvalue weighted by Crippen LogP contribution is 2.31. The minimum atomic E-state index is -3.68. The normalized spacial score (nSPS) is 25.1. The summed E-state index contributed by atoms with van der Waals surface area (Å²) in [4.78, 5) is 19.8. The number of amides is 1. The molecule has 3 heterocycles. The summed E-state index contributed by atoms with van der Waals surface area (Å²) < 4.78 is 28.8. The van der Waals surface area contributed by atoms with Crippen LogP contribution in [0, 0.1) is 5.92 Å². The fourth-order valence-electron chi connectivity index (χ4n) is 5.17. The van der Waals surface area contributed by atoms with Crippen LogP contribution in [-0.2, 0) is 14.8 Å². The van der Waals surface area contributed by atoms with E-state index in [-0.39, 0.29) is 28.8 Å². The summed E-state index contributed by atoms with van der Waals surface area (Å²) in [6, 6.07) is 11.6. The lowest BCUT2D eigenvalue weighted by Gasteiger charge is -2.40. The second kappa shape index (κ2) is 9.89. The minimum Gasteiger partial charge on any atom is -0.380 e. The molecular weight excluding hydrogens is 452 g/mol. The molecule has 3 aliphatic rings. The number of nitrogens with zero attached hydrogens (tertiary/aromatic N) is 2. The standard InChI is InChI=1S/C24H32N6O3S/c31-24(30-13-12-25-16-22(30)17-4-2-1-3-5-17)18-6-8-19(9-7-18)29-34(32,33)20-14-21-23(28-15-20)27-11-10-26-21/h1-5,14-15,18-19,22,25-26,29H,6-13,16H2,(H,27,28)/t18?,19?,22-/m1/s1. The molecule has 10 heteroatoms. The van der Waals surface area contributed by atoms with E-state index in [1.807, 2.05) is 23.1 Å². The number of fused-ring (bicyclic) bond motifs is 1. The Morgan fingerprint density at radius 2 is 1.79 bits per heavy atom. The van der Waals surface area contributed by atoms with Crippen molar-refractivity contribution in [2.75, 3.05) is 43.4 Å². The fraction of sp³-hybridized carbons (Fsp3) is 0.500. The van der Waals surface area contributed by atoms with Crippen LogP contribution in [0.4, 0.5) is 11.5 Å². The number of anilines is 2. The zero-order valence-corrected chi connectivity index (χ0v) is 20.0. The van der Waals surface area contributed by atoms with E-state index in [1.165, 1.54) is 6.20 Å². The Morgan fingerprint density at radius 3 is 2.59 bits per heavy atom. The maximum Gasteiger partial charge on any atom is 0.242 e. The molecule has 1 aromatic heterocycles. The van der Waals surface area contributed by atoms with E-state index < -0.39 is 10.0 Å². The van der Waals surface area contributed by atoms with Crippen LogP contribution in [0.15, 0.2) is 47.5 Å². The van der Waals surface area contributed by atoms with E-state index >= 15 is 0 Å². The number of benzene rings is 1. The predicted octanol–water partition coefficient (Wildman–Crippen LogP) is 1.93. The third-order valence-electron chi connectivity index (χ3n) is 7.01. The van der Waals surface area contributed by atoms with Crippen molar-refractivity contribution in [1.29, 1.82) is 0 Å². The first-order valence-electron chi connectivity index (χ1n) is 12.1. The van der Waals surface area contributed by atoms with Crippen LogP contribution in [0.1, 0.15) is 37.3 Å². The van der Waals surface area contributed by atoms with Gasteiger partial charge in [0.2, 0.25) is 15.9 Å². The highest BCUT2D eigenvalue weighted by molar-refractivity contribution is 7.89. The van der Waals surface area contributed by atoms with E-state index in [1.54, 1.807) is 6.07 Å². The fourth-order valence-corrected chi connectivity index (χ4v) is 6.44. The van der Waals surface area contributed by atoms with Gasteiger partial charge < -0.3 is 20.9 Å². The Labute approximate surface area is 200 Å². The van der Waals surface area contributed by atoms with Crippen molar-refractivity contribution >= 4 is 27.4 Å². The predicted molar refractivity (Wildman–Crippen MR) is 131 cm³/mol. The van der Waals surface area contributed by atoms with Gasteiger partial charge in [-0.05, 0) is 37.3 Å². The van der Waals surface area contributed by atoms with Gasteiger partial charge in [-0.15, -0.1) is 0 Å². The summed E-state index contributed by atoms with van der Waals surface area (Å²) in [7, 11) is -3.68. The Balaban J connectivity index is 1.20. The molecule has 0 spiro atoms. The number of aromatic nitrogens is 1. The van der Waals surface area contributed by atoms with Crippen molar-refractivity contribution in [2.45, 2.75) is 42.7 Å². The maximum atomic E-state index is 13.4. The first-order chi connectivity index (χ1) is 16.5. The zero-order chi connectivity index (χ0) is 23.5.